The van der Waals surface area contributed by atoms with Crippen molar-refractivity contribution in [2.24, 2.45) is 0 Å². The lowest BCUT2D eigenvalue weighted by Crippen LogP contribution is -2.42. The van der Waals surface area contributed by atoms with E-state index in [0.717, 1.165) is 22.6 Å². The third-order valence-electron chi connectivity index (χ3n) is 4.54. The van der Waals surface area contributed by atoms with Crippen LogP contribution in [0.25, 0.3) is 5.69 Å². The molecule has 132 valence electrons. The molecule has 7 nitrogen and oxygen atoms in total. The molecular formula is C18H23N5O2. The summed E-state index contributed by atoms with van der Waals surface area (Å²) in [6, 6.07) is 9.50. The second-order valence-electron chi connectivity index (χ2n) is 6.40. The maximum atomic E-state index is 12.1. The summed E-state index contributed by atoms with van der Waals surface area (Å²) in [4.78, 5) is 25.2. The fourth-order valence-electron chi connectivity index (χ4n) is 3.12. The number of hydrogen-bond acceptors (Lipinski definition) is 3. The Hall–Kier alpha value is -2.83. The Morgan fingerprint density at radius 2 is 2.00 bits per heavy atom. The number of carbonyl (C=O) groups is 2. The summed E-state index contributed by atoms with van der Waals surface area (Å²) in [5.41, 5.74) is 3.88. The van der Waals surface area contributed by atoms with E-state index in [4.69, 9.17) is 0 Å². The van der Waals surface area contributed by atoms with Crippen LogP contribution in [0.5, 0.6) is 0 Å². The van der Waals surface area contributed by atoms with Crippen LogP contribution in [-0.4, -0.2) is 46.3 Å². The van der Waals surface area contributed by atoms with E-state index in [9.17, 15) is 9.59 Å². The number of carbonyl (C=O) groups excluding carboxylic acids is 2. The molecule has 1 saturated heterocycles. The van der Waals surface area contributed by atoms with E-state index in [1.807, 2.05) is 48.9 Å². The molecule has 0 radical (unpaired) electrons. The number of nitrogens with zero attached hydrogens (tertiary/aromatic N) is 3. The Bertz CT molecular complexity index is 784. The Morgan fingerprint density at radius 1 is 1.28 bits per heavy atom. The van der Waals surface area contributed by atoms with Gasteiger partial charge in [-0.25, -0.2) is 9.48 Å². The molecule has 0 spiro atoms. The number of likely N-dealkylation sites (tertiary alicyclic amines) is 1. The molecule has 7 heteroatoms. The first-order chi connectivity index (χ1) is 12.0. The van der Waals surface area contributed by atoms with Gasteiger partial charge in [-0.05, 0) is 26.0 Å². The van der Waals surface area contributed by atoms with Gasteiger partial charge in [0.15, 0.2) is 0 Å². The first kappa shape index (κ1) is 17.0. The predicted octanol–water partition coefficient (Wildman–Crippen LogP) is 1.52. The maximum absolute atomic E-state index is 12.1. The van der Waals surface area contributed by atoms with Gasteiger partial charge >= 0.3 is 6.03 Å². The monoisotopic (exact) mass is 341 g/mol. The molecule has 3 amide bonds. The number of aryl methyl sites for hydroxylation is 1. The van der Waals surface area contributed by atoms with E-state index in [2.05, 4.69) is 15.7 Å². The Balaban J connectivity index is 1.63. The molecule has 0 aliphatic carbocycles. The first-order valence-electron chi connectivity index (χ1n) is 8.34. The summed E-state index contributed by atoms with van der Waals surface area (Å²) in [5.74, 6) is 0.0566. The molecule has 1 aromatic carbocycles. The van der Waals surface area contributed by atoms with Crippen LogP contribution < -0.4 is 10.6 Å². The lowest BCUT2D eigenvalue weighted by Gasteiger charge is -2.13. The van der Waals surface area contributed by atoms with Crippen LogP contribution in [0, 0.1) is 13.8 Å². The second kappa shape index (κ2) is 6.96. The van der Waals surface area contributed by atoms with Crippen molar-refractivity contribution in [1.29, 1.82) is 0 Å². The molecule has 3 rings (SSSR count). The third-order valence-corrected chi connectivity index (χ3v) is 4.54. The number of benzene rings is 1. The number of urea groups is 1. The molecule has 0 saturated carbocycles. The highest BCUT2D eigenvalue weighted by molar-refractivity contribution is 5.81. The van der Waals surface area contributed by atoms with Crippen LogP contribution in [0.3, 0.4) is 0 Å². The Morgan fingerprint density at radius 3 is 2.64 bits per heavy atom. The molecule has 0 bridgehead atoms. The zero-order valence-corrected chi connectivity index (χ0v) is 14.7. The third kappa shape index (κ3) is 3.65. The SMILES string of the molecule is Cc1nn(-c2ccccc2)c(C)c1CNC(=O)N[C@H]1CC(=O)N(C)C1. The molecule has 2 heterocycles. The molecule has 1 fully saturated rings. The molecule has 0 unspecified atom stereocenters. The van der Waals surface area contributed by atoms with E-state index in [-0.39, 0.29) is 18.0 Å². The lowest BCUT2D eigenvalue weighted by molar-refractivity contribution is -0.126. The standard InChI is InChI=1S/C18H23N5O2/c1-12-16(13(2)23(21-12)15-7-5-4-6-8-15)10-19-18(25)20-14-9-17(24)22(3)11-14/h4-8,14H,9-11H2,1-3H3,(H2,19,20,25)/t14-/m0/s1. The largest absolute Gasteiger partial charge is 0.344 e. The summed E-state index contributed by atoms with van der Waals surface area (Å²) in [6.45, 7) is 4.88. The van der Waals surface area contributed by atoms with Crippen molar-refractivity contribution in [3.8, 4) is 5.69 Å². The van der Waals surface area contributed by atoms with Crippen molar-refractivity contribution in [1.82, 2.24) is 25.3 Å². The number of amides is 3. The van der Waals surface area contributed by atoms with Crippen molar-refractivity contribution in [2.75, 3.05) is 13.6 Å². The van der Waals surface area contributed by atoms with Crippen LogP contribution in [-0.2, 0) is 11.3 Å². The van der Waals surface area contributed by atoms with Crippen LogP contribution >= 0.6 is 0 Å². The normalized spacial score (nSPS) is 17.0. The lowest BCUT2D eigenvalue weighted by atomic mass is 10.2. The van der Waals surface area contributed by atoms with Gasteiger partial charge in [0, 0.05) is 37.8 Å². The number of rotatable bonds is 4. The van der Waals surface area contributed by atoms with Crippen molar-refractivity contribution >= 4 is 11.9 Å². The minimum absolute atomic E-state index is 0.0566. The van der Waals surface area contributed by atoms with Gasteiger partial charge in [0.2, 0.25) is 5.91 Å². The topological polar surface area (TPSA) is 79.3 Å². The number of likely N-dealkylation sites (N-methyl/N-ethyl adjacent to an activating group) is 1. The summed E-state index contributed by atoms with van der Waals surface area (Å²) < 4.78 is 1.88. The summed E-state index contributed by atoms with van der Waals surface area (Å²) in [6.07, 6.45) is 0.355. The van der Waals surface area contributed by atoms with Crippen molar-refractivity contribution < 1.29 is 9.59 Å². The van der Waals surface area contributed by atoms with Crippen LogP contribution in [0.15, 0.2) is 30.3 Å². The number of nitrogens with one attached hydrogen (secondary N) is 2. The minimum Gasteiger partial charge on any atom is -0.344 e. The van der Waals surface area contributed by atoms with E-state index in [0.29, 0.717) is 19.5 Å². The quantitative estimate of drug-likeness (QED) is 0.885. The zero-order valence-electron chi connectivity index (χ0n) is 14.7. The highest BCUT2D eigenvalue weighted by atomic mass is 16.2. The van der Waals surface area contributed by atoms with Gasteiger partial charge in [0.1, 0.15) is 0 Å². The summed E-state index contributed by atoms with van der Waals surface area (Å²) in [5, 5.41) is 10.3. The van der Waals surface area contributed by atoms with Crippen LogP contribution in [0.2, 0.25) is 0 Å². The van der Waals surface area contributed by atoms with Gasteiger partial charge in [-0.2, -0.15) is 5.10 Å². The zero-order chi connectivity index (χ0) is 18.0. The Labute approximate surface area is 147 Å². The smallest absolute Gasteiger partial charge is 0.315 e. The average molecular weight is 341 g/mol. The summed E-state index contributed by atoms with van der Waals surface area (Å²) >= 11 is 0. The van der Waals surface area contributed by atoms with E-state index >= 15 is 0 Å². The highest BCUT2D eigenvalue weighted by Gasteiger charge is 2.27. The number of hydrogen-bond donors (Lipinski definition) is 2. The van der Waals surface area contributed by atoms with Gasteiger partial charge in [-0.15, -0.1) is 0 Å². The second-order valence-corrected chi connectivity index (χ2v) is 6.40. The van der Waals surface area contributed by atoms with Gasteiger partial charge < -0.3 is 15.5 Å². The molecular weight excluding hydrogens is 318 g/mol. The fraction of sp³-hybridized carbons (Fsp3) is 0.389. The van der Waals surface area contributed by atoms with Crippen molar-refractivity contribution in [3.05, 3.63) is 47.3 Å². The van der Waals surface area contributed by atoms with Gasteiger partial charge in [0.05, 0.1) is 17.4 Å². The molecule has 1 atom stereocenters. The molecule has 1 aliphatic heterocycles. The van der Waals surface area contributed by atoms with Gasteiger partial charge in [0.25, 0.3) is 0 Å². The number of aromatic nitrogens is 2. The Kier molecular flexibility index (Phi) is 4.74. The minimum atomic E-state index is -0.264. The van der Waals surface area contributed by atoms with E-state index in [1.54, 1.807) is 11.9 Å². The van der Waals surface area contributed by atoms with E-state index in [1.165, 1.54) is 0 Å². The van der Waals surface area contributed by atoms with Crippen molar-refractivity contribution in [2.45, 2.75) is 32.9 Å². The average Bonchev–Trinajstić information content (AvgIpc) is 3.05. The fourth-order valence-corrected chi connectivity index (χ4v) is 3.12. The first-order valence-corrected chi connectivity index (χ1v) is 8.34. The predicted molar refractivity (Wildman–Crippen MR) is 94.5 cm³/mol. The maximum Gasteiger partial charge on any atom is 0.315 e. The van der Waals surface area contributed by atoms with E-state index < -0.39 is 0 Å². The van der Waals surface area contributed by atoms with Gasteiger partial charge in [-0.1, -0.05) is 18.2 Å². The van der Waals surface area contributed by atoms with Gasteiger partial charge in [-0.3, -0.25) is 4.79 Å². The molecule has 2 N–H and O–H groups in total. The molecule has 25 heavy (non-hydrogen) atoms. The van der Waals surface area contributed by atoms with Crippen molar-refractivity contribution in [3.63, 3.8) is 0 Å². The van der Waals surface area contributed by atoms with Crippen LogP contribution in [0.4, 0.5) is 4.79 Å². The number of para-hydroxylation sites is 1. The molecule has 2 aromatic rings. The highest BCUT2D eigenvalue weighted by Crippen LogP contribution is 2.17. The van der Waals surface area contributed by atoms with Crippen LogP contribution in [0.1, 0.15) is 23.4 Å². The molecule has 1 aliphatic rings. The summed E-state index contributed by atoms with van der Waals surface area (Å²) in [7, 11) is 1.74. The molecule has 1 aromatic heterocycles.